The number of benzene rings is 1. The van der Waals surface area contributed by atoms with Gasteiger partial charge in [-0.15, -0.1) is 11.3 Å². The summed E-state index contributed by atoms with van der Waals surface area (Å²) in [5, 5.41) is 6.32. The molecule has 0 spiro atoms. The summed E-state index contributed by atoms with van der Waals surface area (Å²) >= 11 is 1.39. The predicted octanol–water partition coefficient (Wildman–Crippen LogP) is 3.61. The van der Waals surface area contributed by atoms with Crippen LogP contribution in [0.25, 0.3) is 21.3 Å². The number of aryl methyl sites for hydroxylation is 1. The van der Waals surface area contributed by atoms with E-state index in [0.29, 0.717) is 21.7 Å². The minimum Gasteiger partial charge on any atom is -0.361 e. The van der Waals surface area contributed by atoms with Gasteiger partial charge in [0.05, 0.1) is 18.3 Å². The second-order valence-electron chi connectivity index (χ2n) is 5.44. The molecule has 0 unspecified atom stereocenters. The quantitative estimate of drug-likeness (QED) is 0.571. The molecule has 0 radical (unpaired) electrons. The second-order valence-corrected chi connectivity index (χ2v) is 6.30. The van der Waals surface area contributed by atoms with E-state index < -0.39 is 0 Å². The van der Waals surface area contributed by atoms with Crippen molar-refractivity contribution in [1.29, 1.82) is 0 Å². The van der Waals surface area contributed by atoms with Gasteiger partial charge in [-0.3, -0.25) is 9.36 Å². The number of nitrogens with zero attached hydrogens (tertiary/aromatic N) is 3. The molecular formula is C17H12FN3O2S. The van der Waals surface area contributed by atoms with Gasteiger partial charge in [-0.2, -0.15) is 0 Å². The molecule has 0 saturated carbocycles. The third kappa shape index (κ3) is 2.52. The number of hydrogen-bond acceptors (Lipinski definition) is 5. The van der Waals surface area contributed by atoms with E-state index >= 15 is 0 Å². The number of hydrogen-bond donors (Lipinski definition) is 0. The average molecular weight is 341 g/mol. The SMILES string of the molecule is Cc1cc(Cn2cnc3scc(-c4ccc(F)cc4)c3c2=O)no1. The summed E-state index contributed by atoms with van der Waals surface area (Å²) in [6.07, 6.45) is 1.51. The second kappa shape index (κ2) is 5.68. The maximum Gasteiger partial charge on any atom is 0.263 e. The fourth-order valence-electron chi connectivity index (χ4n) is 2.59. The summed E-state index contributed by atoms with van der Waals surface area (Å²) in [6.45, 7) is 2.09. The van der Waals surface area contributed by atoms with E-state index in [1.54, 1.807) is 25.1 Å². The molecule has 24 heavy (non-hydrogen) atoms. The highest BCUT2D eigenvalue weighted by atomic mass is 32.1. The molecule has 5 nitrogen and oxygen atoms in total. The lowest BCUT2D eigenvalue weighted by molar-refractivity contribution is 0.388. The van der Waals surface area contributed by atoms with Crippen molar-refractivity contribution in [2.45, 2.75) is 13.5 Å². The smallest absolute Gasteiger partial charge is 0.263 e. The van der Waals surface area contributed by atoms with Crippen LogP contribution in [0.15, 0.2) is 51.4 Å². The van der Waals surface area contributed by atoms with Crippen LogP contribution in [0, 0.1) is 12.7 Å². The summed E-state index contributed by atoms with van der Waals surface area (Å²) in [5.74, 6) is 0.379. The third-order valence-electron chi connectivity index (χ3n) is 3.73. The zero-order valence-corrected chi connectivity index (χ0v) is 13.5. The van der Waals surface area contributed by atoms with Crippen LogP contribution in [0.3, 0.4) is 0 Å². The minimum absolute atomic E-state index is 0.152. The van der Waals surface area contributed by atoms with E-state index in [9.17, 15) is 9.18 Å². The number of thiophene rings is 1. The standard InChI is InChI=1S/C17H12FN3O2S/c1-10-6-13(20-23-10)7-21-9-19-16-15(17(21)22)14(8-24-16)11-2-4-12(18)5-3-11/h2-6,8-9H,7H2,1H3. The monoisotopic (exact) mass is 341 g/mol. The Morgan fingerprint density at radius 1 is 1.29 bits per heavy atom. The van der Waals surface area contributed by atoms with Crippen LogP contribution in [0.5, 0.6) is 0 Å². The first-order valence-electron chi connectivity index (χ1n) is 7.26. The van der Waals surface area contributed by atoms with E-state index in [1.807, 2.05) is 5.38 Å². The average Bonchev–Trinajstić information content (AvgIpc) is 3.18. The van der Waals surface area contributed by atoms with Crippen LogP contribution in [0.2, 0.25) is 0 Å². The molecular weight excluding hydrogens is 329 g/mol. The summed E-state index contributed by atoms with van der Waals surface area (Å²) in [5.41, 5.74) is 2.06. The number of halogens is 1. The fraction of sp³-hybridized carbons (Fsp3) is 0.118. The first-order chi connectivity index (χ1) is 11.6. The summed E-state index contributed by atoms with van der Waals surface area (Å²) < 4.78 is 19.7. The zero-order valence-electron chi connectivity index (χ0n) is 12.7. The van der Waals surface area contributed by atoms with Gasteiger partial charge < -0.3 is 4.52 Å². The maximum absolute atomic E-state index is 13.1. The Bertz CT molecular complexity index is 1080. The molecule has 7 heteroatoms. The number of aromatic nitrogens is 3. The summed E-state index contributed by atoms with van der Waals surface area (Å²) in [4.78, 5) is 17.9. The predicted molar refractivity (Wildman–Crippen MR) is 89.6 cm³/mol. The van der Waals surface area contributed by atoms with Crippen LogP contribution < -0.4 is 5.56 Å². The van der Waals surface area contributed by atoms with Crippen LogP contribution >= 0.6 is 11.3 Å². The lowest BCUT2D eigenvalue weighted by Crippen LogP contribution is -2.21. The Morgan fingerprint density at radius 3 is 2.79 bits per heavy atom. The molecule has 4 aromatic rings. The molecule has 4 rings (SSSR count). The number of rotatable bonds is 3. The van der Waals surface area contributed by atoms with Crippen LogP contribution in [-0.2, 0) is 6.54 Å². The molecule has 0 N–H and O–H groups in total. The van der Waals surface area contributed by atoms with Gasteiger partial charge in [-0.25, -0.2) is 9.37 Å². The van der Waals surface area contributed by atoms with Crippen LogP contribution in [0.4, 0.5) is 4.39 Å². The molecule has 0 amide bonds. The Morgan fingerprint density at radius 2 is 2.08 bits per heavy atom. The van der Waals surface area contributed by atoms with Gasteiger partial charge in [0.15, 0.2) is 0 Å². The molecule has 1 aromatic carbocycles. The van der Waals surface area contributed by atoms with Gasteiger partial charge in [0.25, 0.3) is 5.56 Å². The van der Waals surface area contributed by atoms with Crippen LogP contribution in [-0.4, -0.2) is 14.7 Å². The van der Waals surface area contributed by atoms with E-state index in [1.165, 1.54) is 34.4 Å². The maximum atomic E-state index is 13.1. The van der Waals surface area contributed by atoms with Crippen molar-refractivity contribution >= 4 is 21.6 Å². The Kier molecular flexibility index (Phi) is 3.50. The lowest BCUT2D eigenvalue weighted by Gasteiger charge is -2.04. The molecule has 120 valence electrons. The van der Waals surface area contributed by atoms with Gasteiger partial charge >= 0.3 is 0 Å². The largest absolute Gasteiger partial charge is 0.361 e. The van der Waals surface area contributed by atoms with Crippen molar-refractivity contribution in [3.05, 3.63) is 69.7 Å². The van der Waals surface area contributed by atoms with E-state index in [2.05, 4.69) is 10.1 Å². The van der Waals surface area contributed by atoms with Gasteiger partial charge in [-0.1, -0.05) is 17.3 Å². The highest BCUT2D eigenvalue weighted by Crippen LogP contribution is 2.30. The lowest BCUT2D eigenvalue weighted by atomic mass is 10.1. The zero-order chi connectivity index (χ0) is 16.7. The van der Waals surface area contributed by atoms with E-state index in [4.69, 9.17) is 4.52 Å². The van der Waals surface area contributed by atoms with Crippen molar-refractivity contribution in [3.63, 3.8) is 0 Å². The van der Waals surface area contributed by atoms with Crippen molar-refractivity contribution < 1.29 is 8.91 Å². The Hall–Kier alpha value is -2.80. The highest BCUT2D eigenvalue weighted by Gasteiger charge is 2.14. The number of fused-ring (bicyclic) bond motifs is 1. The van der Waals surface area contributed by atoms with E-state index in [0.717, 1.165) is 11.1 Å². The van der Waals surface area contributed by atoms with Crippen molar-refractivity contribution in [3.8, 4) is 11.1 Å². The normalized spacial score (nSPS) is 11.2. The van der Waals surface area contributed by atoms with Gasteiger partial charge in [0.2, 0.25) is 0 Å². The van der Waals surface area contributed by atoms with E-state index in [-0.39, 0.29) is 17.9 Å². The molecule has 0 aliphatic heterocycles. The van der Waals surface area contributed by atoms with Gasteiger partial charge in [0, 0.05) is 17.0 Å². The molecule has 0 atom stereocenters. The first-order valence-corrected chi connectivity index (χ1v) is 8.14. The minimum atomic E-state index is -0.310. The van der Waals surface area contributed by atoms with Crippen LogP contribution in [0.1, 0.15) is 11.5 Å². The van der Waals surface area contributed by atoms with Crippen molar-refractivity contribution in [1.82, 2.24) is 14.7 Å². The molecule has 0 saturated heterocycles. The van der Waals surface area contributed by atoms with Gasteiger partial charge in [-0.05, 0) is 24.6 Å². The first kappa shape index (κ1) is 14.8. The topological polar surface area (TPSA) is 60.9 Å². The fourth-order valence-corrected chi connectivity index (χ4v) is 3.50. The molecule has 0 aliphatic carbocycles. The third-order valence-corrected chi connectivity index (χ3v) is 4.61. The molecule has 0 aliphatic rings. The highest BCUT2D eigenvalue weighted by molar-refractivity contribution is 7.17. The van der Waals surface area contributed by atoms with Gasteiger partial charge in [0.1, 0.15) is 22.1 Å². The summed E-state index contributed by atoms with van der Waals surface area (Å²) in [6, 6.07) is 7.87. The Labute approximate surface area is 140 Å². The molecule has 0 fully saturated rings. The molecule has 3 aromatic heterocycles. The summed E-state index contributed by atoms with van der Waals surface area (Å²) in [7, 11) is 0. The molecule has 3 heterocycles. The Balaban J connectivity index is 1.84. The van der Waals surface area contributed by atoms with Crippen molar-refractivity contribution in [2.24, 2.45) is 0 Å². The van der Waals surface area contributed by atoms with Crippen molar-refractivity contribution in [2.75, 3.05) is 0 Å². The molecule has 0 bridgehead atoms.